The molecule has 0 bridgehead atoms. The van der Waals surface area contributed by atoms with Crippen LogP contribution in [0.2, 0.25) is 0 Å². The first-order valence-electron chi connectivity index (χ1n) is 5.99. The molecule has 0 unspecified atom stereocenters. The molecule has 4 heteroatoms. The van der Waals surface area contributed by atoms with Crippen molar-refractivity contribution in [1.29, 1.82) is 0 Å². The zero-order chi connectivity index (χ0) is 13.1. The van der Waals surface area contributed by atoms with Crippen LogP contribution < -0.4 is 5.32 Å². The van der Waals surface area contributed by atoms with Crippen LogP contribution in [0.25, 0.3) is 11.4 Å². The Balaban J connectivity index is 2.29. The zero-order valence-corrected chi connectivity index (χ0v) is 10.8. The smallest absolute Gasteiger partial charge is 0.221 e. The van der Waals surface area contributed by atoms with E-state index in [0.717, 1.165) is 17.1 Å². The summed E-state index contributed by atoms with van der Waals surface area (Å²) < 4.78 is 2.12. The number of rotatable bonds is 3. The highest BCUT2D eigenvalue weighted by Gasteiger charge is 2.08. The van der Waals surface area contributed by atoms with Gasteiger partial charge in [0.25, 0.3) is 0 Å². The van der Waals surface area contributed by atoms with Crippen molar-refractivity contribution in [2.45, 2.75) is 26.8 Å². The Morgan fingerprint density at radius 2 is 1.94 bits per heavy atom. The molecule has 94 valence electrons. The van der Waals surface area contributed by atoms with E-state index < -0.39 is 0 Å². The zero-order valence-electron chi connectivity index (χ0n) is 10.8. The summed E-state index contributed by atoms with van der Waals surface area (Å²) in [5.74, 6) is 0.880. The van der Waals surface area contributed by atoms with E-state index in [4.69, 9.17) is 0 Å². The van der Waals surface area contributed by atoms with Crippen LogP contribution in [0.15, 0.2) is 36.7 Å². The highest BCUT2D eigenvalue weighted by molar-refractivity contribution is 5.88. The fraction of sp³-hybridized carbons (Fsp3) is 0.286. The Kier molecular flexibility index (Phi) is 3.46. The first-order chi connectivity index (χ1) is 8.58. The van der Waals surface area contributed by atoms with Gasteiger partial charge in [0.1, 0.15) is 5.82 Å². The van der Waals surface area contributed by atoms with Crippen molar-refractivity contribution in [1.82, 2.24) is 9.55 Å². The molecule has 1 N–H and O–H groups in total. The number of imidazole rings is 1. The number of hydrogen-bond donors (Lipinski definition) is 1. The Morgan fingerprint density at radius 3 is 2.50 bits per heavy atom. The van der Waals surface area contributed by atoms with Crippen LogP contribution in [0.5, 0.6) is 0 Å². The molecule has 1 heterocycles. The van der Waals surface area contributed by atoms with E-state index in [0.29, 0.717) is 6.04 Å². The third kappa shape index (κ3) is 2.59. The Morgan fingerprint density at radius 1 is 1.28 bits per heavy atom. The number of nitrogens with one attached hydrogen (secondary N) is 1. The van der Waals surface area contributed by atoms with Gasteiger partial charge in [0.05, 0.1) is 0 Å². The van der Waals surface area contributed by atoms with E-state index in [2.05, 4.69) is 28.7 Å². The summed E-state index contributed by atoms with van der Waals surface area (Å²) in [5, 5.41) is 2.75. The van der Waals surface area contributed by atoms with Crippen molar-refractivity contribution in [3.8, 4) is 11.4 Å². The van der Waals surface area contributed by atoms with E-state index in [1.54, 1.807) is 6.20 Å². The molecule has 0 aliphatic carbocycles. The molecule has 0 saturated carbocycles. The van der Waals surface area contributed by atoms with Crippen LogP contribution in [-0.2, 0) is 4.79 Å². The third-order valence-corrected chi connectivity index (χ3v) is 2.69. The highest BCUT2D eigenvalue weighted by Crippen LogP contribution is 2.22. The quantitative estimate of drug-likeness (QED) is 0.900. The van der Waals surface area contributed by atoms with Gasteiger partial charge < -0.3 is 9.88 Å². The third-order valence-electron chi connectivity index (χ3n) is 2.69. The van der Waals surface area contributed by atoms with Crippen LogP contribution in [0.4, 0.5) is 5.69 Å². The second-order valence-electron chi connectivity index (χ2n) is 4.51. The molecule has 1 aromatic heterocycles. The van der Waals surface area contributed by atoms with Crippen molar-refractivity contribution >= 4 is 11.6 Å². The lowest BCUT2D eigenvalue weighted by molar-refractivity contribution is -0.114. The van der Waals surface area contributed by atoms with Crippen LogP contribution >= 0.6 is 0 Å². The van der Waals surface area contributed by atoms with E-state index in [1.165, 1.54) is 6.92 Å². The Hall–Kier alpha value is -2.10. The number of amides is 1. The minimum atomic E-state index is -0.0635. The molecule has 0 spiro atoms. The van der Waals surface area contributed by atoms with E-state index in [1.807, 2.05) is 30.5 Å². The lowest BCUT2D eigenvalue weighted by Gasteiger charge is -2.11. The summed E-state index contributed by atoms with van der Waals surface area (Å²) in [6, 6.07) is 8.07. The average molecular weight is 243 g/mol. The molecule has 0 fully saturated rings. The van der Waals surface area contributed by atoms with Crippen molar-refractivity contribution in [3.63, 3.8) is 0 Å². The van der Waals surface area contributed by atoms with Crippen molar-refractivity contribution < 1.29 is 4.79 Å². The fourth-order valence-electron chi connectivity index (χ4n) is 1.86. The minimum absolute atomic E-state index is 0.0635. The molecule has 1 aromatic carbocycles. The van der Waals surface area contributed by atoms with Gasteiger partial charge in [-0.25, -0.2) is 4.98 Å². The molecule has 0 saturated heterocycles. The summed E-state index contributed by atoms with van der Waals surface area (Å²) in [6.45, 7) is 5.74. The monoisotopic (exact) mass is 243 g/mol. The normalized spacial score (nSPS) is 10.7. The number of hydrogen-bond acceptors (Lipinski definition) is 2. The molecule has 1 amide bonds. The minimum Gasteiger partial charge on any atom is -0.328 e. The van der Waals surface area contributed by atoms with Crippen molar-refractivity contribution in [2.24, 2.45) is 0 Å². The van der Waals surface area contributed by atoms with Gasteiger partial charge in [-0.15, -0.1) is 0 Å². The first-order valence-corrected chi connectivity index (χ1v) is 5.99. The van der Waals surface area contributed by atoms with E-state index >= 15 is 0 Å². The van der Waals surface area contributed by atoms with E-state index in [-0.39, 0.29) is 5.91 Å². The number of benzene rings is 1. The summed E-state index contributed by atoms with van der Waals surface area (Å²) in [6.07, 6.45) is 3.78. The number of anilines is 1. The summed E-state index contributed by atoms with van der Waals surface area (Å²) >= 11 is 0. The number of aromatic nitrogens is 2. The van der Waals surface area contributed by atoms with Crippen molar-refractivity contribution in [2.75, 3.05) is 5.32 Å². The molecule has 4 nitrogen and oxygen atoms in total. The summed E-state index contributed by atoms with van der Waals surface area (Å²) in [7, 11) is 0. The molecular weight excluding hydrogens is 226 g/mol. The van der Waals surface area contributed by atoms with Gasteiger partial charge in [0.2, 0.25) is 5.91 Å². The molecule has 2 rings (SSSR count). The first kappa shape index (κ1) is 12.4. The average Bonchev–Trinajstić information content (AvgIpc) is 2.78. The topological polar surface area (TPSA) is 46.9 Å². The predicted octanol–water partition coefficient (Wildman–Crippen LogP) is 3.09. The number of carbonyl (C=O) groups is 1. The Bertz CT molecular complexity index is 540. The molecule has 0 radical (unpaired) electrons. The van der Waals surface area contributed by atoms with Gasteiger partial charge in [0, 0.05) is 36.6 Å². The summed E-state index contributed by atoms with van der Waals surface area (Å²) in [5.41, 5.74) is 1.84. The maximum Gasteiger partial charge on any atom is 0.221 e. The van der Waals surface area contributed by atoms with Crippen molar-refractivity contribution in [3.05, 3.63) is 36.7 Å². The maximum atomic E-state index is 10.9. The van der Waals surface area contributed by atoms with Gasteiger partial charge in [-0.1, -0.05) is 0 Å². The highest BCUT2D eigenvalue weighted by atomic mass is 16.1. The standard InChI is InChI=1S/C14H17N3O/c1-10(2)17-9-8-15-14(17)12-4-6-13(7-5-12)16-11(3)18/h4-10H,1-3H3,(H,16,18). The van der Waals surface area contributed by atoms with Crippen LogP contribution in [0.3, 0.4) is 0 Å². The number of nitrogens with zero attached hydrogens (tertiary/aromatic N) is 2. The molecule has 0 aliphatic heterocycles. The number of carbonyl (C=O) groups excluding carboxylic acids is 1. The summed E-state index contributed by atoms with van der Waals surface area (Å²) in [4.78, 5) is 15.3. The second-order valence-corrected chi connectivity index (χ2v) is 4.51. The maximum absolute atomic E-state index is 10.9. The van der Waals surface area contributed by atoms with Crippen LogP contribution in [0, 0.1) is 0 Å². The van der Waals surface area contributed by atoms with Gasteiger partial charge >= 0.3 is 0 Å². The fourth-order valence-corrected chi connectivity index (χ4v) is 1.86. The molecule has 0 aliphatic rings. The second kappa shape index (κ2) is 5.04. The lowest BCUT2D eigenvalue weighted by Crippen LogP contribution is -2.05. The predicted molar refractivity (Wildman–Crippen MR) is 72.4 cm³/mol. The molecule has 2 aromatic rings. The lowest BCUT2D eigenvalue weighted by atomic mass is 10.2. The van der Waals surface area contributed by atoms with Crippen LogP contribution in [-0.4, -0.2) is 15.5 Å². The van der Waals surface area contributed by atoms with Gasteiger partial charge in [-0.2, -0.15) is 0 Å². The molecular formula is C14H17N3O. The van der Waals surface area contributed by atoms with E-state index in [9.17, 15) is 4.79 Å². The van der Waals surface area contributed by atoms with Gasteiger partial charge in [-0.05, 0) is 38.1 Å². The van der Waals surface area contributed by atoms with Gasteiger partial charge in [0.15, 0.2) is 0 Å². The SMILES string of the molecule is CC(=O)Nc1ccc(-c2nccn2C(C)C)cc1. The Labute approximate surface area is 107 Å². The molecule has 0 atom stereocenters. The largest absolute Gasteiger partial charge is 0.328 e. The van der Waals surface area contributed by atoms with Gasteiger partial charge in [-0.3, -0.25) is 4.79 Å². The molecule has 18 heavy (non-hydrogen) atoms. The van der Waals surface area contributed by atoms with Crippen LogP contribution in [0.1, 0.15) is 26.8 Å².